The molecule has 3 heteroatoms. The van der Waals surface area contributed by atoms with Crippen molar-refractivity contribution in [1.82, 2.24) is 0 Å². The van der Waals surface area contributed by atoms with Gasteiger partial charge in [-0.25, -0.2) is 4.39 Å². The second kappa shape index (κ2) is 6.06. The Labute approximate surface area is 119 Å². The van der Waals surface area contributed by atoms with Crippen LogP contribution in [0.2, 0.25) is 0 Å². The van der Waals surface area contributed by atoms with Crippen molar-refractivity contribution in [2.75, 3.05) is 6.61 Å². The summed E-state index contributed by atoms with van der Waals surface area (Å²) in [4.78, 5) is 0. The fourth-order valence-electron chi connectivity index (χ4n) is 2.22. The number of hydrogen-bond acceptors (Lipinski definition) is 2. The third-order valence-electron chi connectivity index (χ3n) is 3.38. The molecule has 0 saturated heterocycles. The van der Waals surface area contributed by atoms with Crippen LogP contribution in [0.15, 0.2) is 36.4 Å². The fraction of sp³-hybridized carbons (Fsp3) is 0.294. The monoisotopic (exact) mass is 273 g/mol. The zero-order valence-corrected chi connectivity index (χ0v) is 12.1. The van der Waals surface area contributed by atoms with E-state index in [-0.39, 0.29) is 11.9 Å². The van der Waals surface area contributed by atoms with Crippen molar-refractivity contribution in [2.24, 2.45) is 5.73 Å². The Balaban J connectivity index is 2.04. The normalized spacial score (nSPS) is 12.2. The first-order valence-corrected chi connectivity index (χ1v) is 6.69. The van der Waals surface area contributed by atoms with Crippen LogP contribution in [0, 0.1) is 26.6 Å². The average molecular weight is 273 g/mol. The first-order valence-electron chi connectivity index (χ1n) is 6.69. The fourth-order valence-corrected chi connectivity index (χ4v) is 2.22. The van der Waals surface area contributed by atoms with Crippen molar-refractivity contribution >= 4 is 0 Å². The summed E-state index contributed by atoms with van der Waals surface area (Å²) < 4.78 is 18.8. The molecule has 0 aliphatic rings. The van der Waals surface area contributed by atoms with Gasteiger partial charge in [0.05, 0.1) is 6.04 Å². The van der Waals surface area contributed by atoms with E-state index < -0.39 is 0 Å². The van der Waals surface area contributed by atoms with Crippen LogP contribution in [0.25, 0.3) is 0 Å². The summed E-state index contributed by atoms with van der Waals surface area (Å²) in [7, 11) is 0. The van der Waals surface area contributed by atoms with Crippen molar-refractivity contribution in [2.45, 2.75) is 26.8 Å². The molecule has 0 saturated carbocycles. The van der Waals surface area contributed by atoms with Crippen LogP contribution in [0.1, 0.15) is 28.3 Å². The molecule has 1 unspecified atom stereocenters. The van der Waals surface area contributed by atoms with Gasteiger partial charge in [0, 0.05) is 0 Å². The van der Waals surface area contributed by atoms with E-state index in [0.717, 1.165) is 11.1 Å². The lowest BCUT2D eigenvalue weighted by molar-refractivity contribution is 0.289. The summed E-state index contributed by atoms with van der Waals surface area (Å²) in [5.41, 5.74) is 10.2. The number of benzene rings is 2. The van der Waals surface area contributed by atoms with Gasteiger partial charge in [-0.1, -0.05) is 23.8 Å². The maximum atomic E-state index is 13.2. The molecule has 2 aromatic rings. The lowest BCUT2D eigenvalue weighted by Gasteiger charge is -2.16. The molecule has 20 heavy (non-hydrogen) atoms. The highest BCUT2D eigenvalue weighted by Crippen LogP contribution is 2.20. The molecule has 2 nitrogen and oxygen atoms in total. The number of ether oxygens (including phenoxy) is 1. The van der Waals surface area contributed by atoms with Crippen LogP contribution >= 0.6 is 0 Å². The Bertz CT molecular complexity index is 610. The lowest BCUT2D eigenvalue weighted by Crippen LogP contribution is -2.20. The van der Waals surface area contributed by atoms with E-state index in [1.54, 1.807) is 19.1 Å². The Kier molecular flexibility index (Phi) is 4.40. The van der Waals surface area contributed by atoms with Gasteiger partial charge in [-0.3, -0.25) is 0 Å². The van der Waals surface area contributed by atoms with E-state index in [1.165, 1.54) is 11.6 Å². The Morgan fingerprint density at radius 2 is 1.80 bits per heavy atom. The Morgan fingerprint density at radius 3 is 2.45 bits per heavy atom. The smallest absolute Gasteiger partial charge is 0.126 e. The van der Waals surface area contributed by atoms with Crippen molar-refractivity contribution in [3.63, 3.8) is 0 Å². The van der Waals surface area contributed by atoms with Crippen molar-refractivity contribution in [3.8, 4) is 5.75 Å². The standard InChI is InChI=1S/C17H20FNO/c1-11-4-6-15(12(2)8-11)17(19)10-20-14-5-7-16(18)13(3)9-14/h4-9,17H,10,19H2,1-3H3. The van der Waals surface area contributed by atoms with Gasteiger partial charge in [-0.05, 0) is 55.7 Å². The quantitative estimate of drug-likeness (QED) is 0.918. The van der Waals surface area contributed by atoms with E-state index in [4.69, 9.17) is 10.5 Å². The summed E-state index contributed by atoms with van der Waals surface area (Å²) in [5, 5.41) is 0. The molecule has 0 aliphatic carbocycles. The summed E-state index contributed by atoms with van der Waals surface area (Å²) in [5.74, 6) is 0.417. The van der Waals surface area contributed by atoms with E-state index in [2.05, 4.69) is 13.0 Å². The van der Waals surface area contributed by atoms with E-state index in [9.17, 15) is 4.39 Å². The van der Waals surface area contributed by atoms with Gasteiger partial charge in [-0.15, -0.1) is 0 Å². The largest absolute Gasteiger partial charge is 0.492 e. The lowest BCUT2D eigenvalue weighted by atomic mass is 10.0. The second-order valence-corrected chi connectivity index (χ2v) is 5.19. The minimum absolute atomic E-state index is 0.194. The molecule has 2 aromatic carbocycles. The van der Waals surface area contributed by atoms with Crippen LogP contribution < -0.4 is 10.5 Å². The zero-order valence-electron chi connectivity index (χ0n) is 12.1. The number of nitrogens with two attached hydrogens (primary N) is 1. The maximum Gasteiger partial charge on any atom is 0.126 e. The van der Waals surface area contributed by atoms with Gasteiger partial charge in [0.1, 0.15) is 18.2 Å². The number of halogens is 1. The highest BCUT2D eigenvalue weighted by molar-refractivity contribution is 5.33. The van der Waals surface area contributed by atoms with E-state index >= 15 is 0 Å². The van der Waals surface area contributed by atoms with E-state index in [1.807, 2.05) is 19.1 Å². The molecule has 106 valence electrons. The topological polar surface area (TPSA) is 35.2 Å². The molecule has 0 aliphatic heterocycles. The van der Waals surface area contributed by atoms with Crippen molar-refractivity contribution in [1.29, 1.82) is 0 Å². The van der Waals surface area contributed by atoms with Gasteiger partial charge >= 0.3 is 0 Å². The van der Waals surface area contributed by atoms with Gasteiger partial charge in [0.15, 0.2) is 0 Å². The zero-order chi connectivity index (χ0) is 14.7. The summed E-state index contributed by atoms with van der Waals surface area (Å²) in [6.45, 7) is 6.19. The van der Waals surface area contributed by atoms with Gasteiger partial charge in [-0.2, -0.15) is 0 Å². The Hall–Kier alpha value is -1.87. The highest BCUT2D eigenvalue weighted by Gasteiger charge is 2.10. The minimum Gasteiger partial charge on any atom is -0.492 e. The van der Waals surface area contributed by atoms with Crippen molar-refractivity contribution < 1.29 is 9.13 Å². The molecule has 0 bridgehead atoms. The average Bonchev–Trinajstić information content (AvgIpc) is 2.40. The second-order valence-electron chi connectivity index (χ2n) is 5.19. The molecule has 0 aromatic heterocycles. The molecular formula is C17H20FNO. The molecular weight excluding hydrogens is 253 g/mol. The number of rotatable bonds is 4. The highest BCUT2D eigenvalue weighted by atomic mass is 19.1. The van der Waals surface area contributed by atoms with Crippen LogP contribution in [-0.2, 0) is 0 Å². The minimum atomic E-state index is -0.226. The number of aryl methyl sites for hydroxylation is 3. The van der Waals surface area contributed by atoms with Crippen LogP contribution in [-0.4, -0.2) is 6.61 Å². The number of hydrogen-bond donors (Lipinski definition) is 1. The first-order chi connectivity index (χ1) is 9.47. The SMILES string of the molecule is Cc1ccc(C(N)COc2ccc(F)c(C)c2)c(C)c1. The van der Waals surface area contributed by atoms with E-state index in [0.29, 0.717) is 17.9 Å². The summed E-state index contributed by atoms with van der Waals surface area (Å²) >= 11 is 0. The van der Waals surface area contributed by atoms with Gasteiger partial charge < -0.3 is 10.5 Å². The predicted molar refractivity (Wildman–Crippen MR) is 79.5 cm³/mol. The van der Waals surface area contributed by atoms with Crippen LogP contribution in [0.4, 0.5) is 4.39 Å². The third-order valence-corrected chi connectivity index (χ3v) is 3.38. The molecule has 0 radical (unpaired) electrons. The predicted octanol–water partition coefficient (Wildman–Crippen LogP) is 3.83. The van der Waals surface area contributed by atoms with Crippen LogP contribution in [0.3, 0.4) is 0 Å². The first kappa shape index (κ1) is 14.5. The molecule has 0 amide bonds. The van der Waals surface area contributed by atoms with Gasteiger partial charge in [0.25, 0.3) is 0 Å². The van der Waals surface area contributed by atoms with Gasteiger partial charge in [0.2, 0.25) is 0 Å². The van der Waals surface area contributed by atoms with Crippen molar-refractivity contribution in [3.05, 3.63) is 64.5 Å². The summed E-state index contributed by atoms with van der Waals surface area (Å²) in [6, 6.07) is 10.7. The molecule has 0 fully saturated rings. The van der Waals surface area contributed by atoms with Crippen LogP contribution in [0.5, 0.6) is 5.75 Å². The Morgan fingerprint density at radius 1 is 1.05 bits per heavy atom. The maximum absolute atomic E-state index is 13.2. The third kappa shape index (κ3) is 3.36. The molecule has 2 N–H and O–H groups in total. The molecule has 2 rings (SSSR count). The summed E-state index contributed by atoms with van der Waals surface area (Å²) in [6.07, 6.45) is 0. The molecule has 0 spiro atoms. The molecule has 1 atom stereocenters. The molecule has 0 heterocycles.